The van der Waals surface area contributed by atoms with Crippen LogP contribution in [0, 0.1) is 0 Å². The number of nitrogens with two attached hydrogens (primary N) is 1. The van der Waals surface area contributed by atoms with Gasteiger partial charge in [-0.1, -0.05) is 5.21 Å². The monoisotopic (exact) mass is 237 g/mol. The Kier molecular flexibility index (Phi) is 3.37. The Labute approximate surface area is 96.1 Å². The lowest BCUT2D eigenvalue weighted by Crippen LogP contribution is -2.12. The third-order valence-electron chi connectivity index (χ3n) is 1.99. The second kappa shape index (κ2) is 4.95. The normalized spacial score (nSPS) is 10.6. The van der Waals surface area contributed by atoms with Crippen molar-refractivity contribution in [3.8, 4) is 0 Å². The largest absolute Gasteiger partial charge is 0.325 e. The van der Waals surface area contributed by atoms with Crippen LogP contribution >= 0.6 is 11.3 Å². The van der Waals surface area contributed by atoms with E-state index in [0.29, 0.717) is 18.7 Å². The van der Waals surface area contributed by atoms with Gasteiger partial charge in [0.15, 0.2) is 5.78 Å². The predicted molar refractivity (Wildman–Crippen MR) is 58.7 cm³/mol. The van der Waals surface area contributed by atoms with E-state index in [1.54, 1.807) is 17.9 Å². The van der Waals surface area contributed by atoms with Gasteiger partial charge in [-0.15, -0.1) is 16.4 Å². The van der Waals surface area contributed by atoms with E-state index in [0.717, 1.165) is 4.88 Å². The summed E-state index contributed by atoms with van der Waals surface area (Å²) in [5.41, 5.74) is 7.79. The van der Waals surface area contributed by atoms with Crippen molar-refractivity contribution in [2.75, 3.05) is 0 Å². The van der Waals surface area contributed by atoms with E-state index in [9.17, 15) is 4.79 Å². The standard InChI is InChI=1S/C9H11N5OS/c10-2-7-4-14(13-12-7)5-8(15)1-9-3-11-6-16-9/h3-4,6H,1-2,5,10H2. The third kappa shape index (κ3) is 2.71. The van der Waals surface area contributed by atoms with Crippen molar-refractivity contribution in [1.29, 1.82) is 0 Å². The number of carbonyl (C=O) groups excluding carboxylic acids is 1. The van der Waals surface area contributed by atoms with E-state index in [-0.39, 0.29) is 12.3 Å². The number of hydrogen-bond donors (Lipinski definition) is 1. The van der Waals surface area contributed by atoms with E-state index < -0.39 is 0 Å². The molecule has 7 heteroatoms. The molecule has 0 atom stereocenters. The van der Waals surface area contributed by atoms with Crippen molar-refractivity contribution in [2.45, 2.75) is 19.5 Å². The minimum Gasteiger partial charge on any atom is -0.325 e. The molecule has 0 aliphatic carbocycles. The SMILES string of the molecule is NCc1cn(CC(=O)Cc2cncs2)nn1. The Morgan fingerprint density at radius 1 is 1.56 bits per heavy atom. The molecule has 16 heavy (non-hydrogen) atoms. The lowest BCUT2D eigenvalue weighted by Gasteiger charge is -1.97. The topological polar surface area (TPSA) is 86.7 Å². The second-order valence-electron chi connectivity index (χ2n) is 3.29. The van der Waals surface area contributed by atoms with Crippen LogP contribution in [0.5, 0.6) is 0 Å². The molecular weight excluding hydrogens is 226 g/mol. The molecule has 84 valence electrons. The van der Waals surface area contributed by atoms with Crippen LogP contribution in [-0.2, 0) is 24.3 Å². The fraction of sp³-hybridized carbons (Fsp3) is 0.333. The molecular formula is C9H11N5OS. The Morgan fingerprint density at radius 2 is 2.44 bits per heavy atom. The van der Waals surface area contributed by atoms with Crippen molar-refractivity contribution >= 4 is 17.1 Å². The van der Waals surface area contributed by atoms with Crippen LogP contribution in [-0.4, -0.2) is 25.8 Å². The fourth-order valence-electron chi connectivity index (χ4n) is 1.27. The number of rotatable bonds is 5. The summed E-state index contributed by atoms with van der Waals surface area (Å²) in [7, 11) is 0. The molecule has 2 aromatic heterocycles. The Balaban J connectivity index is 1.92. The van der Waals surface area contributed by atoms with E-state index in [1.807, 2.05) is 0 Å². The number of ketones is 1. The van der Waals surface area contributed by atoms with E-state index in [4.69, 9.17) is 5.73 Å². The zero-order valence-corrected chi connectivity index (χ0v) is 9.35. The minimum atomic E-state index is 0.0812. The van der Waals surface area contributed by atoms with Crippen molar-refractivity contribution in [3.63, 3.8) is 0 Å². The highest BCUT2D eigenvalue weighted by atomic mass is 32.1. The smallest absolute Gasteiger partial charge is 0.159 e. The van der Waals surface area contributed by atoms with Gasteiger partial charge < -0.3 is 5.73 Å². The lowest BCUT2D eigenvalue weighted by atomic mass is 10.2. The van der Waals surface area contributed by atoms with Gasteiger partial charge in [0.25, 0.3) is 0 Å². The van der Waals surface area contributed by atoms with Gasteiger partial charge in [0.05, 0.1) is 17.4 Å². The molecule has 0 aromatic carbocycles. The second-order valence-corrected chi connectivity index (χ2v) is 4.27. The molecule has 0 aliphatic rings. The van der Waals surface area contributed by atoms with Crippen LogP contribution in [0.15, 0.2) is 17.9 Å². The molecule has 0 saturated carbocycles. The van der Waals surface area contributed by atoms with Crippen molar-refractivity contribution < 1.29 is 4.79 Å². The van der Waals surface area contributed by atoms with Crippen LogP contribution in [0.3, 0.4) is 0 Å². The van der Waals surface area contributed by atoms with Crippen LogP contribution in [0.25, 0.3) is 0 Å². The number of carbonyl (C=O) groups is 1. The lowest BCUT2D eigenvalue weighted by molar-refractivity contribution is -0.119. The number of nitrogens with zero attached hydrogens (tertiary/aromatic N) is 4. The van der Waals surface area contributed by atoms with Crippen molar-refractivity contribution in [1.82, 2.24) is 20.0 Å². The Hall–Kier alpha value is -1.60. The molecule has 2 rings (SSSR count). The molecule has 0 unspecified atom stereocenters. The molecule has 0 amide bonds. The molecule has 2 heterocycles. The highest BCUT2D eigenvalue weighted by Crippen LogP contribution is 2.07. The first-order chi connectivity index (χ1) is 7.78. The van der Waals surface area contributed by atoms with Gasteiger partial charge in [0.2, 0.25) is 0 Å². The van der Waals surface area contributed by atoms with Gasteiger partial charge in [-0.3, -0.25) is 9.78 Å². The van der Waals surface area contributed by atoms with E-state index in [2.05, 4.69) is 15.3 Å². The molecule has 2 aromatic rings. The Morgan fingerprint density at radius 3 is 3.06 bits per heavy atom. The van der Waals surface area contributed by atoms with E-state index >= 15 is 0 Å². The zero-order valence-electron chi connectivity index (χ0n) is 8.54. The number of Topliss-reactive ketones (excluding diaryl/α,β-unsaturated/α-hetero) is 1. The summed E-state index contributed by atoms with van der Waals surface area (Å²) < 4.78 is 1.51. The number of aromatic nitrogens is 4. The maximum absolute atomic E-state index is 11.6. The highest BCUT2D eigenvalue weighted by molar-refractivity contribution is 7.09. The fourth-order valence-corrected chi connectivity index (χ4v) is 1.89. The summed E-state index contributed by atoms with van der Waals surface area (Å²) in [6, 6.07) is 0. The van der Waals surface area contributed by atoms with Gasteiger partial charge in [-0.2, -0.15) is 0 Å². The first kappa shape index (κ1) is 10.9. The summed E-state index contributed by atoms with van der Waals surface area (Å²) in [6.45, 7) is 0.563. The van der Waals surface area contributed by atoms with Gasteiger partial charge in [0.1, 0.15) is 6.54 Å². The molecule has 0 spiro atoms. The summed E-state index contributed by atoms with van der Waals surface area (Å²) >= 11 is 1.47. The average molecular weight is 237 g/mol. The highest BCUT2D eigenvalue weighted by Gasteiger charge is 2.07. The van der Waals surface area contributed by atoms with Crippen molar-refractivity contribution in [3.05, 3.63) is 28.5 Å². The van der Waals surface area contributed by atoms with Gasteiger partial charge in [-0.25, -0.2) is 4.68 Å². The number of hydrogen-bond acceptors (Lipinski definition) is 6. The molecule has 0 fully saturated rings. The maximum atomic E-state index is 11.6. The quantitative estimate of drug-likeness (QED) is 0.791. The van der Waals surface area contributed by atoms with Crippen LogP contribution in [0.1, 0.15) is 10.6 Å². The molecule has 0 bridgehead atoms. The summed E-state index contributed by atoms with van der Waals surface area (Å²) in [4.78, 5) is 16.5. The number of thiazole rings is 1. The van der Waals surface area contributed by atoms with Crippen LogP contribution < -0.4 is 5.73 Å². The summed E-state index contributed by atoms with van der Waals surface area (Å²) in [5, 5.41) is 7.62. The van der Waals surface area contributed by atoms with Crippen LogP contribution in [0.2, 0.25) is 0 Å². The first-order valence-electron chi connectivity index (χ1n) is 4.76. The molecule has 2 N–H and O–H groups in total. The summed E-state index contributed by atoms with van der Waals surface area (Å²) in [5.74, 6) is 0.0812. The minimum absolute atomic E-state index is 0.0812. The maximum Gasteiger partial charge on any atom is 0.159 e. The van der Waals surface area contributed by atoms with E-state index in [1.165, 1.54) is 16.0 Å². The first-order valence-corrected chi connectivity index (χ1v) is 5.64. The van der Waals surface area contributed by atoms with Gasteiger partial charge >= 0.3 is 0 Å². The van der Waals surface area contributed by atoms with Crippen LogP contribution in [0.4, 0.5) is 0 Å². The zero-order chi connectivity index (χ0) is 11.4. The van der Waals surface area contributed by atoms with Gasteiger partial charge in [0, 0.05) is 24.0 Å². The van der Waals surface area contributed by atoms with Crippen molar-refractivity contribution in [2.24, 2.45) is 5.73 Å². The molecule has 0 saturated heterocycles. The molecule has 6 nitrogen and oxygen atoms in total. The molecule has 0 aliphatic heterocycles. The van der Waals surface area contributed by atoms with Gasteiger partial charge in [-0.05, 0) is 0 Å². The Bertz CT molecular complexity index is 464. The average Bonchev–Trinajstić information content (AvgIpc) is 2.89. The third-order valence-corrected chi connectivity index (χ3v) is 2.77. The molecule has 0 radical (unpaired) electrons. The summed E-state index contributed by atoms with van der Waals surface area (Å²) in [6.07, 6.45) is 3.78. The predicted octanol–water partition coefficient (Wildman–Crippen LogP) is 0.00510.